The lowest BCUT2D eigenvalue weighted by Crippen LogP contribution is -2.40. The molecule has 0 amide bonds. The van der Waals surface area contributed by atoms with E-state index in [0.717, 1.165) is 0 Å². The van der Waals surface area contributed by atoms with Gasteiger partial charge in [0.2, 0.25) is 11.8 Å². The number of ether oxygens (including phenoxy) is 2. The van der Waals surface area contributed by atoms with Crippen LogP contribution in [0.1, 0.15) is 61.8 Å². The minimum atomic E-state index is -4.07. The second-order valence-electron chi connectivity index (χ2n) is 7.46. The molecular formula is C21H42N2O9P2. The van der Waals surface area contributed by atoms with Gasteiger partial charge in [0, 0.05) is 6.42 Å². The average molecular weight is 529 g/mol. The number of phosphoric acid groups is 1. The van der Waals surface area contributed by atoms with Crippen molar-refractivity contribution in [2.75, 3.05) is 39.6 Å². The Labute approximate surface area is 204 Å². The summed E-state index contributed by atoms with van der Waals surface area (Å²) < 4.78 is 65.9. The van der Waals surface area contributed by atoms with Gasteiger partial charge in [-0.1, -0.05) is 13.8 Å². The van der Waals surface area contributed by atoms with Crippen molar-refractivity contribution in [3.05, 3.63) is 0 Å². The fourth-order valence-electron chi connectivity index (χ4n) is 3.25. The van der Waals surface area contributed by atoms with Crippen molar-refractivity contribution in [3.63, 3.8) is 0 Å². The molecule has 0 aromatic heterocycles. The quantitative estimate of drug-likeness (QED) is 0.241. The summed E-state index contributed by atoms with van der Waals surface area (Å²) in [6, 6.07) is -1.05. The van der Waals surface area contributed by atoms with Gasteiger partial charge in [0.15, 0.2) is 5.85 Å². The van der Waals surface area contributed by atoms with Gasteiger partial charge < -0.3 is 18.5 Å². The summed E-state index contributed by atoms with van der Waals surface area (Å²) in [6.07, 6.45) is -0.0678. The predicted molar refractivity (Wildman–Crippen MR) is 132 cm³/mol. The molecule has 0 saturated carbocycles. The first-order chi connectivity index (χ1) is 16.1. The molecule has 1 rings (SSSR count). The fourth-order valence-corrected chi connectivity index (χ4v) is 6.86. The molecule has 0 fully saturated rings. The van der Waals surface area contributed by atoms with Crippen molar-refractivity contribution < 1.29 is 41.2 Å². The first-order valence-electron chi connectivity index (χ1n) is 12.0. The number of hydrogen-bond acceptors (Lipinski definition) is 11. The van der Waals surface area contributed by atoms with Crippen LogP contribution in [0.15, 0.2) is 9.98 Å². The highest BCUT2D eigenvalue weighted by atomic mass is 31.2. The van der Waals surface area contributed by atoms with Crippen LogP contribution in [0.25, 0.3) is 0 Å². The Kier molecular flexibility index (Phi) is 14.1. The van der Waals surface area contributed by atoms with Gasteiger partial charge in [-0.15, -0.1) is 0 Å². The molecule has 0 N–H and O–H groups in total. The van der Waals surface area contributed by atoms with Crippen LogP contribution in [-0.4, -0.2) is 69.4 Å². The molecule has 1 aliphatic rings. The molecule has 0 spiro atoms. The van der Waals surface area contributed by atoms with Gasteiger partial charge in [-0.25, -0.2) is 14.5 Å². The number of rotatable bonds is 16. The zero-order valence-corrected chi connectivity index (χ0v) is 23.5. The van der Waals surface area contributed by atoms with Crippen LogP contribution in [-0.2, 0) is 41.2 Å². The van der Waals surface area contributed by atoms with Crippen molar-refractivity contribution >= 4 is 27.2 Å². The number of aliphatic imine (C=N–C) groups is 2. The third kappa shape index (κ3) is 9.01. The summed E-state index contributed by atoms with van der Waals surface area (Å²) in [4.78, 5) is 9.45. The second-order valence-corrected chi connectivity index (χ2v) is 11.3. The van der Waals surface area contributed by atoms with E-state index in [0.29, 0.717) is 25.0 Å². The monoisotopic (exact) mass is 528 g/mol. The molecular weight excluding hydrogens is 486 g/mol. The maximum Gasteiger partial charge on any atom is 0.475 e. The van der Waals surface area contributed by atoms with E-state index in [-0.39, 0.29) is 44.8 Å². The highest BCUT2D eigenvalue weighted by Crippen LogP contribution is 2.62. The molecule has 0 radical (unpaired) electrons. The minimum absolute atomic E-state index is 0.0648. The highest BCUT2D eigenvalue weighted by molar-refractivity contribution is 7.56. The Morgan fingerprint density at radius 3 is 1.68 bits per heavy atom. The van der Waals surface area contributed by atoms with Gasteiger partial charge in [0.25, 0.3) is 0 Å². The largest absolute Gasteiger partial charge is 0.480 e. The van der Waals surface area contributed by atoms with Gasteiger partial charge in [-0.3, -0.25) is 18.1 Å². The molecule has 0 unspecified atom stereocenters. The van der Waals surface area contributed by atoms with Crippen molar-refractivity contribution in [1.29, 1.82) is 0 Å². The van der Waals surface area contributed by atoms with E-state index in [2.05, 4.69) is 0 Å². The van der Waals surface area contributed by atoms with Crippen LogP contribution in [0.3, 0.4) is 0 Å². The third-order valence-corrected chi connectivity index (χ3v) is 8.61. The molecule has 0 bridgehead atoms. The summed E-state index contributed by atoms with van der Waals surface area (Å²) in [6.45, 7) is 15.5. The van der Waals surface area contributed by atoms with Crippen LogP contribution in [0, 0.1) is 5.92 Å². The number of nitrogens with zero attached hydrogens (tertiary/aromatic N) is 2. The zero-order chi connectivity index (χ0) is 25.8. The van der Waals surface area contributed by atoms with Crippen LogP contribution in [0.5, 0.6) is 0 Å². The van der Waals surface area contributed by atoms with Gasteiger partial charge in [-0.05, 0) is 47.5 Å². The van der Waals surface area contributed by atoms with Crippen molar-refractivity contribution in [2.45, 2.75) is 79.7 Å². The smallest absolute Gasteiger partial charge is 0.475 e. The summed E-state index contributed by atoms with van der Waals surface area (Å²) in [5.74, 6) is -0.414. The van der Waals surface area contributed by atoms with Gasteiger partial charge in [0.05, 0.1) is 39.6 Å². The highest BCUT2D eigenvalue weighted by Gasteiger charge is 2.46. The molecule has 3 atom stereocenters. The summed E-state index contributed by atoms with van der Waals surface area (Å²) in [5.41, 5.74) is 0. The van der Waals surface area contributed by atoms with E-state index in [1.165, 1.54) is 0 Å². The molecule has 34 heavy (non-hydrogen) atoms. The molecule has 200 valence electrons. The molecule has 0 aliphatic carbocycles. The van der Waals surface area contributed by atoms with E-state index in [1.807, 2.05) is 27.7 Å². The molecule has 13 heteroatoms. The van der Waals surface area contributed by atoms with Crippen LogP contribution < -0.4 is 0 Å². The summed E-state index contributed by atoms with van der Waals surface area (Å²) >= 11 is 0. The standard InChI is InChI=1S/C21H42N2O9P2/c1-9-26-20-17(22-21(27-10-2)19(23-20)16(7)8)15-18(33(24,28-11-3)29-12-4)32-34(25,30-13-5)31-14-6/h16-19H,9-15H2,1-8H3/t17-,18+,19+/m0/s1. The van der Waals surface area contributed by atoms with E-state index >= 15 is 0 Å². The number of phosphoric ester groups is 1. The Hall–Kier alpha value is -0.800. The van der Waals surface area contributed by atoms with Crippen LogP contribution in [0.4, 0.5) is 0 Å². The lowest BCUT2D eigenvalue weighted by atomic mass is 10.0. The van der Waals surface area contributed by atoms with Gasteiger partial charge >= 0.3 is 15.4 Å². The minimum Gasteiger partial charge on any atom is -0.480 e. The Bertz CT molecular complexity index is 741. The fraction of sp³-hybridized carbons (Fsp3) is 0.905. The predicted octanol–water partition coefficient (Wildman–Crippen LogP) is 5.44. The Balaban J connectivity index is 3.48. The SMILES string of the molecule is CCOC1=N[C@H](C(C)C)C(OCC)=N[C@H]1C[C@H](OP(=O)(OCC)OCC)P(=O)(OCC)OCC. The van der Waals surface area contributed by atoms with Gasteiger partial charge in [-0.2, -0.15) is 0 Å². The molecule has 1 heterocycles. The van der Waals surface area contributed by atoms with E-state index in [9.17, 15) is 9.13 Å². The second kappa shape index (κ2) is 15.3. The molecule has 11 nitrogen and oxygen atoms in total. The van der Waals surface area contributed by atoms with Gasteiger partial charge in [0.1, 0.15) is 12.1 Å². The van der Waals surface area contributed by atoms with Crippen molar-refractivity contribution in [2.24, 2.45) is 15.9 Å². The third-order valence-electron chi connectivity index (χ3n) is 4.52. The normalized spacial score (nSPS) is 20.1. The Morgan fingerprint density at radius 2 is 1.24 bits per heavy atom. The maximum atomic E-state index is 13.8. The Morgan fingerprint density at radius 1 is 0.735 bits per heavy atom. The van der Waals surface area contributed by atoms with Crippen molar-refractivity contribution in [1.82, 2.24) is 0 Å². The topological polar surface area (TPSA) is 123 Å². The van der Waals surface area contributed by atoms with Crippen LogP contribution >= 0.6 is 15.4 Å². The zero-order valence-electron chi connectivity index (χ0n) is 21.7. The van der Waals surface area contributed by atoms with Crippen LogP contribution in [0.2, 0.25) is 0 Å². The first kappa shape index (κ1) is 31.2. The maximum absolute atomic E-state index is 13.8. The van der Waals surface area contributed by atoms with E-state index in [1.54, 1.807) is 27.7 Å². The average Bonchev–Trinajstić information content (AvgIpc) is 2.75. The lowest BCUT2D eigenvalue weighted by molar-refractivity contribution is 0.0847. The molecule has 0 aromatic carbocycles. The van der Waals surface area contributed by atoms with E-state index < -0.39 is 27.3 Å². The first-order valence-corrected chi connectivity index (χ1v) is 15.1. The lowest BCUT2D eigenvalue weighted by Gasteiger charge is -2.32. The molecule has 0 aromatic rings. The summed E-state index contributed by atoms with van der Waals surface area (Å²) in [7, 11) is -8.00. The number of hydrogen-bond donors (Lipinski definition) is 0. The van der Waals surface area contributed by atoms with Crippen molar-refractivity contribution in [3.8, 4) is 0 Å². The van der Waals surface area contributed by atoms with E-state index in [4.69, 9.17) is 42.1 Å². The molecule has 0 saturated heterocycles. The summed E-state index contributed by atoms with van der Waals surface area (Å²) in [5, 5.41) is 0. The molecule has 1 aliphatic heterocycles.